The molecule has 0 aliphatic rings. The first-order valence-electron chi connectivity index (χ1n) is 5.04. The Morgan fingerprint density at radius 1 is 1.24 bits per heavy atom. The van der Waals surface area contributed by atoms with Gasteiger partial charge in [-0.15, -0.1) is 0 Å². The predicted molar refractivity (Wildman–Crippen MR) is 69.3 cm³/mol. The number of hydrogen-bond acceptors (Lipinski definition) is 6. The minimum Gasteiger partial charge on any atom is -0.364 e. The average molecular weight is 270 g/mol. The number of halogens is 1. The summed E-state index contributed by atoms with van der Waals surface area (Å²) in [5.41, 5.74) is 0.575. The summed E-state index contributed by atoms with van der Waals surface area (Å²) in [5, 5.41) is 3.23. The van der Waals surface area contributed by atoms with E-state index >= 15 is 0 Å². The lowest BCUT2D eigenvalue weighted by atomic mass is 10.1. The van der Waals surface area contributed by atoms with Crippen molar-refractivity contribution in [2.75, 3.05) is 5.32 Å². The van der Waals surface area contributed by atoms with Crippen LogP contribution in [0.4, 0.5) is 5.82 Å². The van der Waals surface area contributed by atoms with Gasteiger partial charge in [0.1, 0.15) is 11.5 Å². The van der Waals surface area contributed by atoms with Crippen LogP contribution in [0.15, 0.2) is 12.4 Å². The molecule has 2 rings (SSSR count). The molecule has 0 spiro atoms. The summed E-state index contributed by atoms with van der Waals surface area (Å²) in [6.07, 6.45) is 3.29. The highest BCUT2D eigenvalue weighted by Gasteiger charge is 2.11. The van der Waals surface area contributed by atoms with Crippen LogP contribution in [0.3, 0.4) is 0 Å². The molecule has 0 aliphatic heterocycles. The van der Waals surface area contributed by atoms with Crippen LogP contribution < -0.4 is 5.32 Å². The van der Waals surface area contributed by atoms with E-state index in [-0.39, 0.29) is 5.54 Å². The lowest BCUT2D eigenvalue weighted by molar-refractivity contribution is 0.630. The second-order valence-corrected chi connectivity index (χ2v) is 5.87. The molecule has 0 amide bonds. The van der Waals surface area contributed by atoms with E-state index in [0.29, 0.717) is 16.0 Å². The van der Waals surface area contributed by atoms with Crippen LogP contribution in [-0.2, 0) is 0 Å². The van der Waals surface area contributed by atoms with Gasteiger partial charge < -0.3 is 5.32 Å². The summed E-state index contributed by atoms with van der Waals surface area (Å²) < 4.78 is 4.47. The van der Waals surface area contributed by atoms with Crippen LogP contribution >= 0.6 is 23.1 Å². The van der Waals surface area contributed by atoms with E-state index in [9.17, 15) is 0 Å². The molecule has 2 aromatic rings. The van der Waals surface area contributed by atoms with E-state index in [0.717, 1.165) is 17.4 Å². The summed E-state index contributed by atoms with van der Waals surface area (Å²) in [6, 6.07) is 0. The summed E-state index contributed by atoms with van der Waals surface area (Å²) in [5.74, 6) is 1.23. The Morgan fingerprint density at radius 3 is 2.47 bits per heavy atom. The van der Waals surface area contributed by atoms with E-state index in [2.05, 4.69) is 45.4 Å². The number of aromatic nitrogens is 4. The summed E-state index contributed by atoms with van der Waals surface area (Å²) in [4.78, 5) is 12.5. The fourth-order valence-corrected chi connectivity index (χ4v) is 1.81. The number of nitrogens with zero attached hydrogens (tertiary/aromatic N) is 4. The minimum atomic E-state index is -0.0433. The quantitative estimate of drug-likeness (QED) is 0.908. The standard InChI is InChI=1S/C10H12ClN5S/c1-10(2,3)15-7-5-12-6(4-13-7)8-14-9(11)17-16-8/h4-5H,1-3H3,(H,13,15). The van der Waals surface area contributed by atoms with Crippen LogP contribution in [0.2, 0.25) is 4.47 Å². The minimum absolute atomic E-state index is 0.0433. The number of hydrogen-bond donors (Lipinski definition) is 1. The van der Waals surface area contributed by atoms with E-state index in [1.165, 1.54) is 0 Å². The zero-order valence-corrected chi connectivity index (χ0v) is 11.3. The molecule has 0 saturated carbocycles. The van der Waals surface area contributed by atoms with Gasteiger partial charge in [-0.25, -0.2) is 15.0 Å². The Hall–Kier alpha value is -1.27. The van der Waals surface area contributed by atoms with Crippen LogP contribution in [0, 0.1) is 0 Å². The Balaban J connectivity index is 2.19. The van der Waals surface area contributed by atoms with Crippen molar-refractivity contribution in [3.63, 3.8) is 0 Å². The highest BCUT2D eigenvalue weighted by atomic mass is 35.5. The second-order valence-electron chi connectivity index (χ2n) is 4.53. The van der Waals surface area contributed by atoms with Crippen LogP contribution in [0.1, 0.15) is 20.8 Å². The van der Waals surface area contributed by atoms with Crippen molar-refractivity contribution in [2.24, 2.45) is 0 Å². The summed E-state index contributed by atoms with van der Waals surface area (Å²) in [7, 11) is 0. The molecule has 90 valence electrons. The molecule has 17 heavy (non-hydrogen) atoms. The predicted octanol–water partition coefficient (Wildman–Crippen LogP) is 2.86. The molecule has 0 radical (unpaired) electrons. The second kappa shape index (κ2) is 4.54. The Morgan fingerprint density at radius 2 is 2.00 bits per heavy atom. The van der Waals surface area contributed by atoms with E-state index in [1.807, 2.05) is 0 Å². The molecule has 0 bridgehead atoms. The van der Waals surface area contributed by atoms with Crippen molar-refractivity contribution < 1.29 is 0 Å². The van der Waals surface area contributed by atoms with Crippen molar-refractivity contribution in [3.8, 4) is 11.5 Å². The molecule has 0 fully saturated rings. The fraction of sp³-hybridized carbons (Fsp3) is 0.400. The van der Waals surface area contributed by atoms with Crippen molar-refractivity contribution in [3.05, 3.63) is 16.9 Å². The highest BCUT2D eigenvalue weighted by Crippen LogP contribution is 2.19. The monoisotopic (exact) mass is 269 g/mol. The van der Waals surface area contributed by atoms with Gasteiger partial charge in [0.15, 0.2) is 5.82 Å². The smallest absolute Gasteiger partial charge is 0.203 e. The topological polar surface area (TPSA) is 63.6 Å². The average Bonchev–Trinajstić information content (AvgIpc) is 2.63. The summed E-state index contributed by atoms with van der Waals surface area (Å²) >= 11 is 6.85. The van der Waals surface area contributed by atoms with Crippen molar-refractivity contribution in [2.45, 2.75) is 26.3 Å². The lowest BCUT2D eigenvalue weighted by Crippen LogP contribution is -2.26. The van der Waals surface area contributed by atoms with Crippen LogP contribution in [-0.4, -0.2) is 24.9 Å². The van der Waals surface area contributed by atoms with Crippen molar-refractivity contribution in [1.29, 1.82) is 0 Å². The first-order chi connectivity index (χ1) is 7.94. The van der Waals surface area contributed by atoms with Gasteiger partial charge >= 0.3 is 0 Å². The number of rotatable bonds is 2. The maximum atomic E-state index is 5.71. The number of anilines is 1. The van der Waals surface area contributed by atoms with E-state index in [4.69, 9.17) is 11.6 Å². The van der Waals surface area contributed by atoms with Gasteiger partial charge in [-0.1, -0.05) is 0 Å². The largest absolute Gasteiger partial charge is 0.364 e. The molecular weight excluding hydrogens is 258 g/mol. The molecule has 1 N–H and O–H groups in total. The SMILES string of the molecule is CC(C)(C)Nc1cnc(-c2nsc(Cl)n2)cn1. The normalized spacial score (nSPS) is 11.5. The molecule has 2 heterocycles. The van der Waals surface area contributed by atoms with E-state index < -0.39 is 0 Å². The molecule has 0 atom stereocenters. The zero-order chi connectivity index (χ0) is 12.5. The molecule has 0 aliphatic carbocycles. The maximum absolute atomic E-state index is 5.71. The van der Waals surface area contributed by atoms with Gasteiger partial charge in [0.25, 0.3) is 0 Å². The molecule has 0 saturated heterocycles. The fourth-order valence-electron chi connectivity index (χ4n) is 1.20. The molecule has 5 nitrogen and oxygen atoms in total. The Labute approximate surface area is 108 Å². The molecule has 7 heteroatoms. The maximum Gasteiger partial charge on any atom is 0.203 e. The highest BCUT2D eigenvalue weighted by molar-refractivity contribution is 7.10. The lowest BCUT2D eigenvalue weighted by Gasteiger charge is -2.20. The molecule has 2 aromatic heterocycles. The van der Waals surface area contributed by atoms with Gasteiger partial charge in [-0.05, 0) is 43.9 Å². The van der Waals surface area contributed by atoms with Gasteiger partial charge in [0.2, 0.25) is 4.47 Å². The van der Waals surface area contributed by atoms with Crippen molar-refractivity contribution in [1.82, 2.24) is 19.3 Å². The van der Waals surface area contributed by atoms with Crippen LogP contribution in [0.25, 0.3) is 11.5 Å². The third-order valence-corrected chi connectivity index (χ3v) is 2.58. The first-order valence-corrected chi connectivity index (χ1v) is 6.19. The molecule has 0 unspecified atom stereocenters. The molecular formula is C10H12ClN5S. The third-order valence-electron chi connectivity index (χ3n) is 1.79. The van der Waals surface area contributed by atoms with Gasteiger partial charge in [-0.2, -0.15) is 4.37 Å². The van der Waals surface area contributed by atoms with Gasteiger partial charge in [0.05, 0.1) is 12.4 Å². The zero-order valence-electron chi connectivity index (χ0n) is 9.73. The summed E-state index contributed by atoms with van der Waals surface area (Å²) in [6.45, 7) is 6.18. The van der Waals surface area contributed by atoms with Gasteiger partial charge in [-0.3, -0.25) is 0 Å². The van der Waals surface area contributed by atoms with E-state index in [1.54, 1.807) is 12.4 Å². The van der Waals surface area contributed by atoms with Gasteiger partial charge in [0, 0.05) is 5.54 Å². The Kier molecular flexibility index (Phi) is 3.26. The number of nitrogens with one attached hydrogen (secondary N) is 1. The molecule has 0 aromatic carbocycles. The third kappa shape index (κ3) is 3.34. The first kappa shape index (κ1) is 12.2. The Bertz CT molecular complexity index is 502. The van der Waals surface area contributed by atoms with Crippen molar-refractivity contribution >= 4 is 29.0 Å². The van der Waals surface area contributed by atoms with Crippen LogP contribution in [0.5, 0.6) is 0 Å².